The molecule has 0 aromatic heterocycles. The van der Waals surface area contributed by atoms with Gasteiger partial charge in [0.25, 0.3) is 10.1 Å². The third-order valence-corrected chi connectivity index (χ3v) is 1.94. The molecule has 0 fully saturated rings. The number of Topliss-reactive ketones (excluding diaryl/α,β-unsaturated/α-hetero) is 1. The smallest absolute Gasteiger partial charge is 0.264 e. The standard InChI is InChI=1S/C6H11ClO4S/c1-12(9,10)11-4-2-3-6(8)5-7/h2-5H2,1H3. The van der Waals surface area contributed by atoms with Gasteiger partial charge in [-0.1, -0.05) is 0 Å². The molecule has 0 aliphatic heterocycles. The van der Waals surface area contributed by atoms with Gasteiger partial charge in [0.1, 0.15) is 5.78 Å². The largest absolute Gasteiger partial charge is 0.298 e. The summed E-state index contributed by atoms with van der Waals surface area (Å²) < 4.78 is 25.2. The highest BCUT2D eigenvalue weighted by molar-refractivity contribution is 7.85. The quantitative estimate of drug-likeness (QED) is 0.368. The van der Waals surface area contributed by atoms with Gasteiger partial charge in [-0.2, -0.15) is 8.42 Å². The first-order valence-corrected chi connectivity index (χ1v) is 5.73. The molecule has 4 nitrogen and oxygen atoms in total. The first kappa shape index (κ1) is 11.9. The second-order valence-corrected chi connectivity index (χ2v) is 4.21. The molecule has 6 heteroatoms. The van der Waals surface area contributed by atoms with Crippen molar-refractivity contribution in [3.63, 3.8) is 0 Å². The topological polar surface area (TPSA) is 60.4 Å². The Hall–Kier alpha value is -0.130. The van der Waals surface area contributed by atoms with Crippen LogP contribution in [0.25, 0.3) is 0 Å². The summed E-state index contributed by atoms with van der Waals surface area (Å²) in [5, 5.41) is 0. The number of halogens is 1. The number of alkyl halides is 1. The highest BCUT2D eigenvalue weighted by atomic mass is 35.5. The first-order valence-electron chi connectivity index (χ1n) is 3.38. The lowest BCUT2D eigenvalue weighted by Crippen LogP contribution is -2.06. The van der Waals surface area contributed by atoms with Crippen LogP contribution in [0.5, 0.6) is 0 Å². The van der Waals surface area contributed by atoms with E-state index in [-0.39, 0.29) is 24.7 Å². The van der Waals surface area contributed by atoms with Crippen molar-refractivity contribution in [3.8, 4) is 0 Å². The normalized spacial score (nSPS) is 11.5. The molecule has 0 saturated carbocycles. The molecule has 0 unspecified atom stereocenters. The third kappa shape index (κ3) is 7.97. The van der Waals surface area contributed by atoms with E-state index in [2.05, 4.69) is 4.18 Å². The van der Waals surface area contributed by atoms with E-state index < -0.39 is 10.1 Å². The second kappa shape index (κ2) is 5.50. The summed E-state index contributed by atoms with van der Waals surface area (Å²) in [4.78, 5) is 10.6. The minimum Gasteiger partial charge on any atom is -0.298 e. The Morgan fingerprint density at radius 1 is 1.50 bits per heavy atom. The molecule has 0 rings (SSSR count). The summed E-state index contributed by atoms with van der Waals surface area (Å²) in [5.41, 5.74) is 0. The lowest BCUT2D eigenvalue weighted by molar-refractivity contribution is -0.116. The van der Waals surface area contributed by atoms with Crippen molar-refractivity contribution in [2.75, 3.05) is 18.7 Å². The number of hydrogen-bond donors (Lipinski definition) is 0. The average Bonchev–Trinajstić information content (AvgIpc) is 1.96. The van der Waals surface area contributed by atoms with Crippen LogP contribution in [0.1, 0.15) is 12.8 Å². The predicted molar refractivity (Wildman–Crippen MR) is 45.8 cm³/mol. The Bertz CT molecular complexity index is 234. The van der Waals surface area contributed by atoms with E-state index in [1.807, 2.05) is 0 Å². The van der Waals surface area contributed by atoms with Crippen LogP contribution < -0.4 is 0 Å². The minimum absolute atomic E-state index is 0.0289. The third-order valence-electron chi connectivity index (χ3n) is 1.05. The van der Waals surface area contributed by atoms with E-state index in [0.717, 1.165) is 6.26 Å². The fourth-order valence-electron chi connectivity index (χ4n) is 0.546. The maximum absolute atomic E-state index is 10.6. The zero-order valence-corrected chi connectivity index (χ0v) is 8.32. The number of rotatable bonds is 6. The number of hydrogen-bond acceptors (Lipinski definition) is 4. The fraction of sp³-hybridized carbons (Fsp3) is 0.833. The Kier molecular flexibility index (Phi) is 5.44. The van der Waals surface area contributed by atoms with E-state index >= 15 is 0 Å². The molecule has 0 heterocycles. The minimum atomic E-state index is -3.37. The van der Waals surface area contributed by atoms with Gasteiger partial charge >= 0.3 is 0 Å². The van der Waals surface area contributed by atoms with Gasteiger partial charge < -0.3 is 0 Å². The Morgan fingerprint density at radius 2 is 2.08 bits per heavy atom. The molecule has 72 valence electrons. The van der Waals surface area contributed by atoms with Gasteiger partial charge in [0.15, 0.2) is 0 Å². The van der Waals surface area contributed by atoms with E-state index in [0.29, 0.717) is 6.42 Å². The molecule has 0 aromatic rings. The molecule has 0 aromatic carbocycles. The van der Waals surface area contributed by atoms with Gasteiger partial charge in [-0.15, -0.1) is 11.6 Å². The van der Waals surface area contributed by atoms with Crippen LogP contribution in [0.15, 0.2) is 0 Å². The van der Waals surface area contributed by atoms with Gasteiger partial charge in [-0.3, -0.25) is 8.98 Å². The molecule has 0 bridgehead atoms. The van der Waals surface area contributed by atoms with E-state index in [1.54, 1.807) is 0 Å². The van der Waals surface area contributed by atoms with Gasteiger partial charge in [-0.05, 0) is 6.42 Å². The molecule has 0 saturated heterocycles. The average molecular weight is 215 g/mol. The van der Waals surface area contributed by atoms with Crippen LogP contribution in [0.3, 0.4) is 0 Å². The highest BCUT2D eigenvalue weighted by Crippen LogP contribution is 1.96. The molecular weight excluding hydrogens is 204 g/mol. The monoisotopic (exact) mass is 214 g/mol. The lowest BCUT2D eigenvalue weighted by atomic mass is 10.2. The van der Waals surface area contributed by atoms with Crippen LogP contribution in [0.2, 0.25) is 0 Å². The van der Waals surface area contributed by atoms with Crippen LogP contribution >= 0.6 is 11.6 Å². The molecule has 12 heavy (non-hydrogen) atoms. The maximum atomic E-state index is 10.6. The van der Waals surface area contributed by atoms with Crippen LogP contribution in [-0.2, 0) is 19.1 Å². The van der Waals surface area contributed by atoms with Gasteiger partial charge in [0, 0.05) is 6.42 Å². The highest BCUT2D eigenvalue weighted by Gasteiger charge is 2.03. The second-order valence-electron chi connectivity index (χ2n) is 2.30. The zero-order chi connectivity index (χ0) is 9.61. The van der Waals surface area contributed by atoms with E-state index in [1.165, 1.54) is 0 Å². The first-order chi connectivity index (χ1) is 5.45. The maximum Gasteiger partial charge on any atom is 0.264 e. The van der Waals surface area contributed by atoms with Crippen molar-refractivity contribution < 1.29 is 17.4 Å². The Balaban J connectivity index is 3.40. The summed E-state index contributed by atoms with van der Waals surface area (Å²) in [6.07, 6.45) is 1.62. The summed E-state index contributed by atoms with van der Waals surface area (Å²) in [6.45, 7) is 0.0431. The number of carbonyl (C=O) groups is 1. The van der Waals surface area contributed by atoms with Gasteiger partial charge in [-0.25, -0.2) is 0 Å². The van der Waals surface area contributed by atoms with Crippen LogP contribution in [0, 0.1) is 0 Å². The number of ketones is 1. The van der Waals surface area contributed by atoms with Crippen molar-refractivity contribution in [2.24, 2.45) is 0 Å². The van der Waals surface area contributed by atoms with Crippen LogP contribution in [0.4, 0.5) is 0 Å². The van der Waals surface area contributed by atoms with E-state index in [4.69, 9.17) is 11.6 Å². The molecule has 0 aliphatic carbocycles. The van der Waals surface area contributed by atoms with Crippen molar-refractivity contribution in [1.29, 1.82) is 0 Å². The molecule has 0 N–H and O–H groups in total. The SMILES string of the molecule is CS(=O)(=O)OCCCC(=O)CCl. The molecule has 0 radical (unpaired) electrons. The fourth-order valence-corrected chi connectivity index (χ4v) is 1.10. The summed E-state index contributed by atoms with van der Waals surface area (Å²) >= 11 is 5.21. The van der Waals surface area contributed by atoms with Crippen LogP contribution in [-0.4, -0.2) is 32.9 Å². The van der Waals surface area contributed by atoms with E-state index in [9.17, 15) is 13.2 Å². The molecule has 0 aliphatic rings. The zero-order valence-electron chi connectivity index (χ0n) is 6.75. The molecular formula is C6H11ClO4S. The van der Waals surface area contributed by atoms with Crippen molar-refractivity contribution >= 4 is 27.5 Å². The number of carbonyl (C=O) groups excluding carboxylic acids is 1. The molecule has 0 spiro atoms. The molecule has 0 amide bonds. The van der Waals surface area contributed by atoms with Gasteiger partial charge in [0.2, 0.25) is 0 Å². The van der Waals surface area contributed by atoms with Gasteiger partial charge in [0.05, 0.1) is 18.7 Å². The summed E-state index contributed by atoms with van der Waals surface area (Å²) in [6, 6.07) is 0. The molecule has 0 atom stereocenters. The summed E-state index contributed by atoms with van der Waals surface area (Å²) in [7, 11) is -3.37. The van der Waals surface area contributed by atoms with Crippen molar-refractivity contribution in [1.82, 2.24) is 0 Å². The Labute approximate surface area is 77.0 Å². The van der Waals surface area contributed by atoms with Crippen molar-refractivity contribution in [2.45, 2.75) is 12.8 Å². The lowest BCUT2D eigenvalue weighted by Gasteiger charge is -1.98. The predicted octanol–water partition coefficient (Wildman–Crippen LogP) is 0.551. The van der Waals surface area contributed by atoms with Crippen molar-refractivity contribution in [3.05, 3.63) is 0 Å². The Morgan fingerprint density at radius 3 is 2.50 bits per heavy atom. The summed E-state index contributed by atoms with van der Waals surface area (Å²) in [5.74, 6) is -0.132.